The lowest BCUT2D eigenvalue weighted by Crippen LogP contribution is -2.46. The quantitative estimate of drug-likeness (QED) is 0.478. The molecule has 10 heteroatoms. The van der Waals surface area contributed by atoms with Gasteiger partial charge in [0, 0.05) is 30.9 Å². The molecule has 0 aromatic heterocycles. The molecule has 0 fully saturated rings. The molecule has 35 heavy (non-hydrogen) atoms. The van der Waals surface area contributed by atoms with Crippen LogP contribution in [0.15, 0.2) is 77.6 Å². The molecule has 2 aromatic rings. The first-order valence-corrected chi connectivity index (χ1v) is 11.2. The Morgan fingerprint density at radius 3 is 2.86 bits per heavy atom. The minimum Gasteiger partial charge on any atom is -0.462 e. The van der Waals surface area contributed by atoms with Gasteiger partial charge in [0.05, 0.1) is 23.2 Å². The maximum atomic E-state index is 13.0. The van der Waals surface area contributed by atoms with Crippen molar-refractivity contribution in [3.63, 3.8) is 0 Å². The molecule has 4 rings (SSSR count). The number of aliphatic imine (C=N–C) groups is 1. The second kappa shape index (κ2) is 10.8. The summed E-state index contributed by atoms with van der Waals surface area (Å²) in [5, 5.41) is 8.51. The van der Waals surface area contributed by atoms with Gasteiger partial charge in [-0.1, -0.05) is 23.7 Å². The SMILES string of the molecule is O=C(C=Cc1cccc(OC2=CCNC(C3=NCC=CN3)C2)c1)Nc1ccc(Cl)c(C(F)(F)F)c1. The third kappa shape index (κ3) is 6.74. The smallest absolute Gasteiger partial charge is 0.417 e. The predicted molar refractivity (Wildman–Crippen MR) is 130 cm³/mol. The summed E-state index contributed by atoms with van der Waals surface area (Å²) in [6.45, 7) is 1.29. The van der Waals surface area contributed by atoms with Gasteiger partial charge in [0.1, 0.15) is 17.3 Å². The van der Waals surface area contributed by atoms with E-state index in [2.05, 4.69) is 20.9 Å². The largest absolute Gasteiger partial charge is 0.462 e. The number of amidine groups is 1. The van der Waals surface area contributed by atoms with Gasteiger partial charge in [0.15, 0.2) is 0 Å². The van der Waals surface area contributed by atoms with Crippen molar-refractivity contribution in [1.29, 1.82) is 0 Å². The molecule has 3 N–H and O–H groups in total. The van der Waals surface area contributed by atoms with Crippen LogP contribution in [-0.2, 0) is 11.0 Å². The molecule has 182 valence electrons. The van der Waals surface area contributed by atoms with Gasteiger partial charge in [-0.3, -0.25) is 9.79 Å². The van der Waals surface area contributed by atoms with Crippen LogP contribution in [-0.4, -0.2) is 30.9 Å². The Morgan fingerprint density at radius 1 is 1.23 bits per heavy atom. The van der Waals surface area contributed by atoms with E-state index < -0.39 is 22.7 Å². The number of nitrogens with one attached hydrogen (secondary N) is 3. The molecule has 0 saturated carbocycles. The van der Waals surface area contributed by atoms with Crippen LogP contribution in [0.25, 0.3) is 6.08 Å². The molecule has 2 aliphatic heterocycles. The topological polar surface area (TPSA) is 74.8 Å². The first-order valence-electron chi connectivity index (χ1n) is 10.8. The second-order valence-electron chi connectivity index (χ2n) is 7.80. The zero-order valence-corrected chi connectivity index (χ0v) is 19.2. The number of alkyl halides is 3. The van der Waals surface area contributed by atoms with E-state index in [4.69, 9.17) is 16.3 Å². The lowest BCUT2D eigenvalue weighted by atomic mass is 10.1. The summed E-state index contributed by atoms with van der Waals surface area (Å²) < 4.78 is 45.1. The fraction of sp³-hybridized carbons (Fsp3) is 0.200. The van der Waals surface area contributed by atoms with Crippen LogP contribution in [0.4, 0.5) is 18.9 Å². The number of hydrogen-bond donors (Lipinski definition) is 3. The molecule has 0 radical (unpaired) electrons. The number of carbonyl (C=O) groups is 1. The lowest BCUT2D eigenvalue weighted by molar-refractivity contribution is -0.137. The molecular weight excluding hydrogens is 481 g/mol. The molecule has 2 heterocycles. The van der Waals surface area contributed by atoms with Gasteiger partial charge >= 0.3 is 6.18 Å². The third-order valence-corrected chi connectivity index (χ3v) is 5.55. The van der Waals surface area contributed by atoms with Crippen molar-refractivity contribution < 1.29 is 22.7 Å². The highest BCUT2D eigenvalue weighted by molar-refractivity contribution is 6.31. The van der Waals surface area contributed by atoms with Crippen molar-refractivity contribution in [2.45, 2.75) is 18.6 Å². The Kier molecular flexibility index (Phi) is 7.57. The van der Waals surface area contributed by atoms with Crippen LogP contribution >= 0.6 is 11.6 Å². The predicted octanol–water partition coefficient (Wildman–Crippen LogP) is 5.15. The van der Waals surface area contributed by atoms with Gasteiger partial charge in [-0.15, -0.1) is 0 Å². The van der Waals surface area contributed by atoms with E-state index >= 15 is 0 Å². The molecule has 0 saturated heterocycles. The van der Waals surface area contributed by atoms with E-state index in [9.17, 15) is 18.0 Å². The number of carbonyl (C=O) groups excluding carboxylic acids is 1. The highest BCUT2D eigenvalue weighted by Gasteiger charge is 2.33. The van der Waals surface area contributed by atoms with Crippen molar-refractivity contribution in [1.82, 2.24) is 10.6 Å². The van der Waals surface area contributed by atoms with Crippen molar-refractivity contribution in [2.75, 3.05) is 18.4 Å². The van der Waals surface area contributed by atoms with Crippen LogP contribution in [0.2, 0.25) is 5.02 Å². The molecule has 6 nitrogen and oxygen atoms in total. The van der Waals surface area contributed by atoms with Crippen molar-refractivity contribution in [3.8, 4) is 5.75 Å². The first kappa shape index (κ1) is 24.6. The summed E-state index contributed by atoms with van der Waals surface area (Å²) in [6.07, 6.45) is 4.58. The zero-order valence-electron chi connectivity index (χ0n) is 18.4. The van der Waals surface area contributed by atoms with Gasteiger partial charge in [-0.05, 0) is 54.1 Å². The van der Waals surface area contributed by atoms with Crippen LogP contribution in [0.3, 0.4) is 0 Å². The Hall–Kier alpha value is -3.56. The number of halogens is 4. The summed E-state index contributed by atoms with van der Waals surface area (Å²) in [5.74, 6) is 1.69. The third-order valence-electron chi connectivity index (χ3n) is 5.22. The molecule has 0 bridgehead atoms. The van der Waals surface area contributed by atoms with E-state index in [1.165, 1.54) is 12.1 Å². The van der Waals surface area contributed by atoms with Crippen LogP contribution in [0, 0.1) is 0 Å². The maximum Gasteiger partial charge on any atom is 0.417 e. The summed E-state index contributed by atoms with van der Waals surface area (Å²) in [5.41, 5.74) is -0.323. The average molecular weight is 503 g/mol. The fourth-order valence-corrected chi connectivity index (χ4v) is 3.79. The highest BCUT2D eigenvalue weighted by atomic mass is 35.5. The summed E-state index contributed by atoms with van der Waals surface area (Å²) in [6, 6.07) is 10.4. The van der Waals surface area contributed by atoms with Gasteiger partial charge in [0.2, 0.25) is 5.91 Å². The number of anilines is 1. The number of amides is 1. The normalized spacial score (nSPS) is 18.0. The monoisotopic (exact) mass is 502 g/mol. The molecule has 2 aliphatic rings. The van der Waals surface area contributed by atoms with E-state index in [1.54, 1.807) is 30.3 Å². The lowest BCUT2D eigenvalue weighted by Gasteiger charge is -2.26. The number of rotatable bonds is 6. The highest BCUT2D eigenvalue weighted by Crippen LogP contribution is 2.36. The van der Waals surface area contributed by atoms with E-state index in [0.717, 1.165) is 23.7 Å². The number of benzene rings is 2. The van der Waals surface area contributed by atoms with Gasteiger partial charge < -0.3 is 20.7 Å². The summed E-state index contributed by atoms with van der Waals surface area (Å²) >= 11 is 5.61. The molecule has 0 spiro atoms. The minimum absolute atomic E-state index is 0.00610. The van der Waals surface area contributed by atoms with Gasteiger partial charge in [0.25, 0.3) is 0 Å². The summed E-state index contributed by atoms with van der Waals surface area (Å²) in [4.78, 5) is 16.7. The second-order valence-corrected chi connectivity index (χ2v) is 8.20. The fourth-order valence-electron chi connectivity index (χ4n) is 3.56. The van der Waals surface area contributed by atoms with Crippen molar-refractivity contribution >= 4 is 35.1 Å². The van der Waals surface area contributed by atoms with Crippen LogP contribution in [0.1, 0.15) is 17.5 Å². The molecule has 1 atom stereocenters. The standard InChI is InChI=1S/C25H22ClF3N4O2/c26-21-7-6-17(14-20(21)25(27,28)29)33-23(34)8-5-16-3-1-4-18(13-16)35-19-9-12-30-22(15-19)24-31-10-2-11-32-24/h1-10,13-14,22,30H,11-12,15H2,(H,31,32)(H,33,34). The maximum absolute atomic E-state index is 13.0. The van der Waals surface area contributed by atoms with E-state index in [1.807, 2.05) is 18.4 Å². The minimum atomic E-state index is -4.62. The molecular formula is C25H22ClF3N4O2. The Morgan fingerprint density at radius 2 is 2.09 bits per heavy atom. The molecule has 1 unspecified atom stereocenters. The average Bonchev–Trinajstić information content (AvgIpc) is 2.84. The van der Waals surface area contributed by atoms with E-state index in [0.29, 0.717) is 30.8 Å². The first-order chi connectivity index (χ1) is 16.8. The number of nitrogens with zero attached hydrogens (tertiary/aromatic N) is 1. The van der Waals surface area contributed by atoms with Crippen LogP contribution < -0.4 is 20.7 Å². The Labute approximate surface area is 205 Å². The summed E-state index contributed by atoms with van der Waals surface area (Å²) in [7, 11) is 0. The zero-order chi connectivity index (χ0) is 24.8. The number of hydrogen-bond acceptors (Lipinski definition) is 5. The van der Waals surface area contributed by atoms with E-state index in [-0.39, 0.29) is 11.7 Å². The molecule has 0 aliphatic carbocycles. The van der Waals surface area contributed by atoms with Gasteiger partial charge in [-0.25, -0.2) is 0 Å². The Bertz CT molecular complexity index is 1220. The molecule has 1 amide bonds. The van der Waals surface area contributed by atoms with Crippen molar-refractivity contribution in [2.24, 2.45) is 4.99 Å². The number of ether oxygens (including phenoxy) is 1. The Balaban J connectivity index is 1.37. The van der Waals surface area contributed by atoms with Crippen LogP contribution in [0.5, 0.6) is 5.75 Å². The van der Waals surface area contributed by atoms with Gasteiger partial charge in [-0.2, -0.15) is 13.2 Å². The molecule has 2 aromatic carbocycles. The van der Waals surface area contributed by atoms with Crippen molar-refractivity contribution in [3.05, 3.63) is 88.8 Å².